The van der Waals surface area contributed by atoms with Crippen molar-refractivity contribution in [1.29, 1.82) is 0 Å². The van der Waals surface area contributed by atoms with E-state index >= 15 is 0 Å². The molecule has 0 saturated carbocycles. The molecule has 0 unspecified atom stereocenters. The molecule has 0 heterocycles. The first-order valence-electron chi connectivity index (χ1n) is 9.19. The van der Waals surface area contributed by atoms with Crippen LogP contribution in [0.5, 0.6) is 0 Å². The molecule has 8 nitrogen and oxygen atoms in total. The number of carboxylic acids is 1. The first-order valence-corrected chi connectivity index (χ1v) is 10.3. The highest BCUT2D eigenvalue weighted by molar-refractivity contribution is 14.1. The topological polar surface area (TPSA) is 125 Å². The minimum atomic E-state index is -1.37. The van der Waals surface area contributed by atoms with Crippen molar-refractivity contribution in [3.8, 4) is 0 Å². The number of halogens is 1. The third kappa shape index (κ3) is 7.30. The summed E-state index contributed by atoms with van der Waals surface area (Å²) < 4.78 is 5.93. The third-order valence-corrected chi connectivity index (χ3v) is 5.30. The standard InChI is InChI=1S/C21H23IN2O6/c1-13(25)18(24-21(29)30-12-14-7-3-2-4-8-14)19(26)23-17(20(27)28)11-15-9-5-6-10-16(15)22/h2-10,13,17-18,25H,11-12H2,1H3,(H,23,26)(H,24,29)(H,27,28)/t13-,17+,18+/m1/s1. The minimum absolute atomic E-state index is 0.00891. The monoisotopic (exact) mass is 526 g/mol. The van der Waals surface area contributed by atoms with Gasteiger partial charge < -0.3 is 25.6 Å². The van der Waals surface area contributed by atoms with Crippen molar-refractivity contribution in [2.24, 2.45) is 0 Å². The first-order chi connectivity index (χ1) is 14.3. The van der Waals surface area contributed by atoms with E-state index < -0.39 is 36.2 Å². The molecule has 0 aliphatic heterocycles. The van der Waals surface area contributed by atoms with Crippen molar-refractivity contribution in [2.45, 2.75) is 38.1 Å². The Balaban J connectivity index is 1.99. The Morgan fingerprint density at radius 3 is 2.27 bits per heavy atom. The summed E-state index contributed by atoms with van der Waals surface area (Å²) in [4.78, 5) is 36.3. The highest BCUT2D eigenvalue weighted by Gasteiger charge is 2.30. The Morgan fingerprint density at radius 1 is 1.03 bits per heavy atom. The number of nitrogens with one attached hydrogen (secondary N) is 2. The molecule has 0 aromatic heterocycles. The molecular formula is C21H23IN2O6. The molecule has 2 aromatic rings. The number of rotatable bonds is 9. The lowest BCUT2D eigenvalue weighted by atomic mass is 10.0. The Labute approximate surface area is 187 Å². The largest absolute Gasteiger partial charge is 0.480 e. The average Bonchev–Trinajstić information content (AvgIpc) is 2.71. The number of hydrogen-bond donors (Lipinski definition) is 4. The second kappa shape index (κ2) is 11.5. The highest BCUT2D eigenvalue weighted by Crippen LogP contribution is 2.14. The molecule has 0 aliphatic rings. The van der Waals surface area contributed by atoms with Crippen molar-refractivity contribution >= 4 is 40.6 Å². The van der Waals surface area contributed by atoms with Crippen LogP contribution in [0.2, 0.25) is 0 Å². The van der Waals surface area contributed by atoms with E-state index in [9.17, 15) is 24.6 Å². The molecule has 3 atom stereocenters. The lowest BCUT2D eigenvalue weighted by Gasteiger charge is -2.23. The normalized spacial score (nSPS) is 13.6. The van der Waals surface area contributed by atoms with E-state index in [2.05, 4.69) is 33.2 Å². The van der Waals surface area contributed by atoms with Crippen LogP contribution in [0, 0.1) is 3.57 Å². The van der Waals surface area contributed by atoms with Crippen LogP contribution in [0.15, 0.2) is 54.6 Å². The average molecular weight is 526 g/mol. The fraction of sp³-hybridized carbons (Fsp3) is 0.286. The molecule has 0 spiro atoms. The van der Waals surface area contributed by atoms with Gasteiger partial charge >= 0.3 is 12.1 Å². The van der Waals surface area contributed by atoms with Crippen molar-refractivity contribution in [1.82, 2.24) is 10.6 Å². The number of alkyl carbamates (subject to hydrolysis) is 1. The lowest BCUT2D eigenvalue weighted by molar-refractivity contribution is -0.142. The van der Waals surface area contributed by atoms with Crippen molar-refractivity contribution in [3.63, 3.8) is 0 Å². The van der Waals surface area contributed by atoms with E-state index in [-0.39, 0.29) is 13.0 Å². The number of carbonyl (C=O) groups excluding carboxylic acids is 2. The van der Waals surface area contributed by atoms with Crippen LogP contribution >= 0.6 is 22.6 Å². The van der Waals surface area contributed by atoms with Crippen LogP contribution < -0.4 is 10.6 Å². The molecular weight excluding hydrogens is 503 g/mol. The predicted octanol–water partition coefficient (Wildman–Crippen LogP) is 2.08. The SMILES string of the molecule is C[C@@H](O)[C@H](NC(=O)OCc1ccccc1)C(=O)N[C@@H](Cc1ccccc1I)C(=O)O. The number of aliphatic hydroxyl groups excluding tert-OH is 1. The zero-order chi connectivity index (χ0) is 22.1. The Bertz CT molecular complexity index is 875. The number of carboxylic acid groups (broad SMARTS) is 1. The molecule has 0 saturated heterocycles. The van der Waals surface area contributed by atoms with Gasteiger partial charge in [-0.3, -0.25) is 4.79 Å². The van der Waals surface area contributed by atoms with Crippen molar-refractivity contribution in [3.05, 3.63) is 69.3 Å². The van der Waals surface area contributed by atoms with E-state index in [0.717, 1.165) is 14.7 Å². The van der Waals surface area contributed by atoms with Crippen LogP contribution in [-0.2, 0) is 27.4 Å². The van der Waals surface area contributed by atoms with Gasteiger partial charge in [-0.25, -0.2) is 9.59 Å². The first kappa shape index (κ1) is 23.6. The van der Waals surface area contributed by atoms with Gasteiger partial charge in [0.2, 0.25) is 5.91 Å². The van der Waals surface area contributed by atoms with Gasteiger partial charge in [0.15, 0.2) is 0 Å². The maximum Gasteiger partial charge on any atom is 0.408 e. The van der Waals surface area contributed by atoms with Crippen molar-refractivity contribution < 1.29 is 29.3 Å². The molecule has 0 fully saturated rings. The molecule has 9 heteroatoms. The Hall–Kier alpha value is -2.66. The zero-order valence-electron chi connectivity index (χ0n) is 16.2. The molecule has 4 N–H and O–H groups in total. The second-order valence-corrected chi connectivity index (χ2v) is 7.78. The summed E-state index contributed by atoms with van der Waals surface area (Å²) in [6, 6.07) is 13.6. The summed E-state index contributed by atoms with van der Waals surface area (Å²) in [5.74, 6) is -2.04. The predicted molar refractivity (Wildman–Crippen MR) is 118 cm³/mol. The van der Waals surface area contributed by atoms with Crippen LogP contribution in [0.4, 0.5) is 4.79 Å². The molecule has 0 radical (unpaired) electrons. The Morgan fingerprint density at radius 2 is 1.67 bits per heavy atom. The van der Waals surface area contributed by atoms with E-state index in [1.165, 1.54) is 6.92 Å². The second-order valence-electron chi connectivity index (χ2n) is 6.62. The summed E-state index contributed by atoms with van der Waals surface area (Å²) in [5.41, 5.74) is 1.52. The van der Waals surface area contributed by atoms with Gasteiger partial charge in [-0.15, -0.1) is 0 Å². The van der Waals surface area contributed by atoms with Gasteiger partial charge in [0, 0.05) is 9.99 Å². The maximum atomic E-state index is 12.6. The summed E-state index contributed by atoms with van der Waals surface area (Å²) in [6.45, 7) is 1.31. The van der Waals surface area contributed by atoms with Gasteiger partial charge in [0.05, 0.1) is 6.10 Å². The van der Waals surface area contributed by atoms with Crippen LogP contribution in [0.25, 0.3) is 0 Å². The fourth-order valence-electron chi connectivity index (χ4n) is 2.64. The van der Waals surface area contributed by atoms with Gasteiger partial charge in [0.1, 0.15) is 18.7 Å². The number of benzene rings is 2. The summed E-state index contributed by atoms with van der Waals surface area (Å²) in [7, 11) is 0. The maximum absolute atomic E-state index is 12.6. The van der Waals surface area contributed by atoms with E-state index in [1.54, 1.807) is 36.4 Å². The summed E-state index contributed by atoms with van der Waals surface area (Å²) in [5, 5.41) is 24.1. The van der Waals surface area contributed by atoms with Gasteiger partial charge in [-0.2, -0.15) is 0 Å². The Kier molecular flexibility index (Phi) is 9.06. The molecule has 2 amide bonds. The van der Waals surface area contributed by atoms with Crippen LogP contribution in [-0.4, -0.2) is 46.4 Å². The molecule has 160 valence electrons. The van der Waals surface area contributed by atoms with Gasteiger partial charge in [-0.1, -0.05) is 48.5 Å². The van der Waals surface area contributed by atoms with E-state index in [0.29, 0.717) is 0 Å². The number of aliphatic hydroxyl groups is 1. The molecule has 0 aliphatic carbocycles. The molecule has 30 heavy (non-hydrogen) atoms. The molecule has 2 aromatic carbocycles. The summed E-state index contributed by atoms with van der Waals surface area (Å²) in [6.07, 6.45) is -2.10. The fourth-order valence-corrected chi connectivity index (χ4v) is 3.25. The van der Waals surface area contributed by atoms with E-state index in [1.807, 2.05) is 18.2 Å². The van der Waals surface area contributed by atoms with Gasteiger partial charge in [0.25, 0.3) is 0 Å². The number of aliphatic carboxylic acids is 1. The van der Waals surface area contributed by atoms with Crippen LogP contribution in [0.1, 0.15) is 18.1 Å². The van der Waals surface area contributed by atoms with E-state index in [4.69, 9.17) is 4.74 Å². The third-order valence-electron chi connectivity index (χ3n) is 4.25. The molecule has 0 bridgehead atoms. The van der Waals surface area contributed by atoms with Gasteiger partial charge in [-0.05, 0) is 46.7 Å². The number of hydrogen-bond acceptors (Lipinski definition) is 5. The number of amides is 2. The van der Waals surface area contributed by atoms with Crippen LogP contribution in [0.3, 0.4) is 0 Å². The summed E-state index contributed by atoms with van der Waals surface area (Å²) >= 11 is 2.09. The number of carbonyl (C=O) groups is 3. The number of ether oxygens (including phenoxy) is 1. The highest BCUT2D eigenvalue weighted by atomic mass is 127. The smallest absolute Gasteiger partial charge is 0.408 e. The zero-order valence-corrected chi connectivity index (χ0v) is 18.4. The van der Waals surface area contributed by atoms with Crippen molar-refractivity contribution in [2.75, 3.05) is 0 Å². The quantitative estimate of drug-likeness (QED) is 0.371. The minimum Gasteiger partial charge on any atom is -0.480 e. The molecule has 2 rings (SSSR count). The lowest BCUT2D eigenvalue weighted by Crippen LogP contribution is -2.56.